The molecule has 1 heterocycles. The molecule has 2 N–H and O–H groups in total. The third-order valence-corrected chi connectivity index (χ3v) is 6.41. The maximum Gasteiger partial charge on any atom is 0.228 e. The van der Waals surface area contributed by atoms with Crippen LogP contribution < -0.4 is 5.73 Å². The van der Waals surface area contributed by atoms with E-state index in [1.807, 2.05) is 0 Å². The van der Waals surface area contributed by atoms with Gasteiger partial charge < -0.3 is 5.73 Å². The van der Waals surface area contributed by atoms with Crippen LogP contribution in [0.15, 0.2) is 0 Å². The number of nitrogens with zero attached hydrogens (tertiary/aromatic N) is 1. The van der Waals surface area contributed by atoms with Gasteiger partial charge in [0.15, 0.2) is 14.9 Å². The van der Waals surface area contributed by atoms with Gasteiger partial charge in [0.2, 0.25) is 10.0 Å². The molecule has 1 aliphatic rings. The minimum atomic E-state index is -3.71. The molecule has 0 bridgehead atoms. The smallest absolute Gasteiger partial charge is 0.228 e. The maximum absolute atomic E-state index is 11.7. The Balaban J connectivity index is 2.87. The van der Waals surface area contributed by atoms with Crippen molar-refractivity contribution >= 4 is 19.9 Å². The van der Waals surface area contributed by atoms with E-state index in [4.69, 9.17) is 5.73 Å². The number of nitrogens with two attached hydrogens (primary N) is 1. The first-order valence-corrected chi connectivity index (χ1v) is 8.30. The normalized spacial score (nSPS) is 24.5. The quantitative estimate of drug-likeness (QED) is 0.677. The van der Waals surface area contributed by atoms with E-state index in [1.165, 1.54) is 4.31 Å². The summed E-state index contributed by atoms with van der Waals surface area (Å²) in [5.74, 6) is 0. The van der Waals surface area contributed by atoms with Crippen molar-refractivity contribution in [1.82, 2.24) is 4.31 Å². The first kappa shape index (κ1) is 12.9. The highest BCUT2D eigenvalue weighted by atomic mass is 32.3. The van der Waals surface area contributed by atoms with Crippen molar-refractivity contribution in [2.45, 2.75) is 18.9 Å². The van der Waals surface area contributed by atoms with Crippen molar-refractivity contribution in [1.29, 1.82) is 0 Å². The minimum absolute atomic E-state index is 0.239. The van der Waals surface area contributed by atoms with E-state index in [2.05, 4.69) is 0 Å². The second-order valence-corrected chi connectivity index (χ2v) is 8.23. The summed E-state index contributed by atoms with van der Waals surface area (Å²) in [7, 11) is -7.23. The number of hydrogen-bond donors (Lipinski definition) is 1. The van der Waals surface area contributed by atoms with Crippen LogP contribution in [-0.4, -0.2) is 51.6 Å². The van der Waals surface area contributed by atoms with Gasteiger partial charge in [0.25, 0.3) is 0 Å². The van der Waals surface area contributed by atoms with Crippen molar-refractivity contribution in [2.24, 2.45) is 5.73 Å². The van der Waals surface area contributed by atoms with Gasteiger partial charge >= 0.3 is 0 Å². The average Bonchev–Trinajstić information content (AvgIpc) is 2.46. The van der Waals surface area contributed by atoms with Gasteiger partial charge in [-0.1, -0.05) is 0 Å². The lowest BCUT2D eigenvalue weighted by molar-refractivity contribution is 0.395. The molecule has 1 unspecified atom stereocenters. The number of sulfone groups is 1. The standard InChI is InChI=1S/C7H16N2O4S2/c1-14(10,11)6-15(12,13)9-4-2-3-7(9)5-8/h7H,2-6,8H2,1H3. The summed E-state index contributed by atoms with van der Waals surface area (Å²) in [6.07, 6.45) is 2.36. The second-order valence-electron chi connectivity index (χ2n) is 3.80. The largest absolute Gasteiger partial charge is 0.329 e. The van der Waals surface area contributed by atoms with E-state index in [0.29, 0.717) is 13.0 Å². The zero-order valence-corrected chi connectivity index (χ0v) is 10.2. The Morgan fingerprint density at radius 2 is 1.93 bits per heavy atom. The van der Waals surface area contributed by atoms with Gasteiger partial charge in [-0.25, -0.2) is 16.8 Å². The van der Waals surface area contributed by atoms with Gasteiger partial charge in [0.05, 0.1) is 0 Å². The summed E-state index contributed by atoms with van der Waals surface area (Å²) >= 11 is 0. The molecular weight excluding hydrogens is 240 g/mol. The number of sulfonamides is 1. The average molecular weight is 256 g/mol. The van der Waals surface area contributed by atoms with Crippen molar-refractivity contribution < 1.29 is 16.8 Å². The molecule has 0 aromatic heterocycles. The number of hydrogen-bond acceptors (Lipinski definition) is 5. The van der Waals surface area contributed by atoms with Crippen LogP contribution in [0.4, 0.5) is 0 Å². The van der Waals surface area contributed by atoms with E-state index < -0.39 is 24.9 Å². The van der Waals surface area contributed by atoms with Crippen molar-refractivity contribution in [3.05, 3.63) is 0 Å². The highest BCUT2D eigenvalue weighted by Gasteiger charge is 2.35. The van der Waals surface area contributed by atoms with E-state index in [-0.39, 0.29) is 12.6 Å². The van der Waals surface area contributed by atoms with Crippen molar-refractivity contribution in [2.75, 3.05) is 24.4 Å². The molecule has 0 spiro atoms. The minimum Gasteiger partial charge on any atom is -0.329 e. The Kier molecular flexibility index (Phi) is 3.75. The summed E-state index contributed by atoms with van der Waals surface area (Å²) in [5, 5.41) is -0.823. The van der Waals surface area contributed by atoms with Crippen LogP contribution >= 0.6 is 0 Å². The summed E-state index contributed by atoms with van der Waals surface area (Å²) < 4.78 is 46.6. The Labute approximate surface area is 90.4 Å². The first-order chi connectivity index (χ1) is 6.76. The van der Waals surface area contributed by atoms with Gasteiger partial charge in [0.1, 0.15) is 0 Å². The van der Waals surface area contributed by atoms with E-state index in [0.717, 1.165) is 12.7 Å². The molecule has 90 valence electrons. The molecule has 0 radical (unpaired) electrons. The lowest BCUT2D eigenvalue weighted by Gasteiger charge is -2.22. The third-order valence-electron chi connectivity index (χ3n) is 2.32. The molecule has 1 atom stereocenters. The van der Waals surface area contributed by atoms with Gasteiger partial charge in [-0.2, -0.15) is 4.31 Å². The fourth-order valence-electron chi connectivity index (χ4n) is 1.75. The Morgan fingerprint density at radius 3 is 2.40 bits per heavy atom. The fourth-order valence-corrected chi connectivity index (χ4v) is 5.51. The van der Waals surface area contributed by atoms with Gasteiger partial charge in [0, 0.05) is 25.4 Å². The van der Waals surface area contributed by atoms with Crippen LogP contribution in [0.3, 0.4) is 0 Å². The Bertz CT molecular complexity index is 414. The molecule has 0 aliphatic carbocycles. The summed E-state index contributed by atoms with van der Waals surface area (Å²) in [5.41, 5.74) is 5.43. The second kappa shape index (κ2) is 4.36. The van der Waals surface area contributed by atoms with Crippen molar-refractivity contribution in [3.8, 4) is 0 Å². The molecule has 8 heteroatoms. The molecule has 0 saturated carbocycles. The monoisotopic (exact) mass is 256 g/mol. The molecule has 15 heavy (non-hydrogen) atoms. The zero-order chi connectivity index (χ0) is 11.7. The fraction of sp³-hybridized carbons (Fsp3) is 1.00. The van der Waals surface area contributed by atoms with Crippen LogP contribution in [0.5, 0.6) is 0 Å². The van der Waals surface area contributed by atoms with Gasteiger partial charge in [-0.05, 0) is 12.8 Å². The van der Waals surface area contributed by atoms with E-state index in [1.54, 1.807) is 0 Å². The zero-order valence-electron chi connectivity index (χ0n) is 8.59. The number of rotatable bonds is 4. The molecule has 1 aliphatic heterocycles. The van der Waals surface area contributed by atoms with Crippen LogP contribution in [0.2, 0.25) is 0 Å². The molecule has 0 aromatic rings. The van der Waals surface area contributed by atoms with E-state index in [9.17, 15) is 16.8 Å². The predicted octanol–water partition coefficient (Wildman–Crippen LogP) is -1.26. The summed E-state index contributed by atoms with van der Waals surface area (Å²) in [6, 6.07) is -0.239. The van der Waals surface area contributed by atoms with Crippen LogP contribution in [0, 0.1) is 0 Å². The van der Waals surface area contributed by atoms with Crippen LogP contribution in [0.25, 0.3) is 0 Å². The Hall–Kier alpha value is -0.180. The van der Waals surface area contributed by atoms with Gasteiger partial charge in [-0.3, -0.25) is 0 Å². The molecule has 1 fully saturated rings. The highest BCUT2D eigenvalue weighted by molar-refractivity contribution is 8.06. The molecule has 6 nitrogen and oxygen atoms in total. The molecular formula is C7H16N2O4S2. The Morgan fingerprint density at radius 1 is 1.33 bits per heavy atom. The van der Waals surface area contributed by atoms with Crippen LogP contribution in [0.1, 0.15) is 12.8 Å². The first-order valence-electron chi connectivity index (χ1n) is 4.63. The van der Waals surface area contributed by atoms with Crippen LogP contribution in [-0.2, 0) is 19.9 Å². The van der Waals surface area contributed by atoms with Crippen molar-refractivity contribution in [3.63, 3.8) is 0 Å². The summed E-state index contributed by atoms with van der Waals surface area (Å²) in [4.78, 5) is 0. The SMILES string of the molecule is CS(=O)(=O)CS(=O)(=O)N1CCCC1CN. The molecule has 0 amide bonds. The topological polar surface area (TPSA) is 97.5 Å². The third kappa shape index (κ3) is 3.40. The molecule has 0 aromatic carbocycles. The predicted molar refractivity (Wildman–Crippen MR) is 57.4 cm³/mol. The van der Waals surface area contributed by atoms with E-state index >= 15 is 0 Å². The summed E-state index contributed by atoms with van der Waals surface area (Å²) in [6.45, 7) is 0.614. The molecule has 1 rings (SSSR count). The lowest BCUT2D eigenvalue weighted by Crippen LogP contribution is -2.42. The van der Waals surface area contributed by atoms with Gasteiger partial charge in [-0.15, -0.1) is 0 Å². The lowest BCUT2D eigenvalue weighted by atomic mass is 10.2. The highest BCUT2D eigenvalue weighted by Crippen LogP contribution is 2.21. The molecule has 1 saturated heterocycles. The maximum atomic E-state index is 11.7.